The third-order valence-corrected chi connectivity index (χ3v) is 3.95. The Morgan fingerprint density at radius 2 is 2.00 bits per heavy atom. The van der Waals surface area contributed by atoms with Crippen molar-refractivity contribution in [2.75, 3.05) is 46.8 Å². The molecule has 2 rings (SSSR count). The molecule has 0 amide bonds. The SMILES string of the molecule is CN1CCN(C)C(CNCC(O)c2ccc(F)cc2)C1. The zero-order valence-electron chi connectivity index (χ0n) is 12.2. The summed E-state index contributed by atoms with van der Waals surface area (Å²) in [5, 5.41) is 13.4. The molecule has 1 fully saturated rings. The van der Waals surface area contributed by atoms with Gasteiger partial charge in [-0.2, -0.15) is 0 Å². The average Bonchev–Trinajstić information content (AvgIpc) is 2.43. The minimum Gasteiger partial charge on any atom is -0.387 e. The fraction of sp³-hybridized carbons (Fsp3) is 0.600. The van der Waals surface area contributed by atoms with Crippen molar-refractivity contribution in [2.45, 2.75) is 12.1 Å². The highest BCUT2D eigenvalue weighted by Gasteiger charge is 2.21. The molecule has 2 unspecified atom stereocenters. The van der Waals surface area contributed by atoms with Gasteiger partial charge >= 0.3 is 0 Å². The Morgan fingerprint density at radius 1 is 1.30 bits per heavy atom. The number of nitrogens with one attached hydrogen (secondary N) is 1. The molecule has 1 aromatic carbocycles. The van der Waals surface area contributed by atoms with Gasteiger partial charge in [0.05, 0.1) is 6.10 Å². The van der Waals surface area contributed by atoms with E-state index in [9.17, 15) is 9.50 Å². The number of hydrogen-bond donors (Lipinski definition) is 2. The summed E-state index contributed by atoms with van der Waals surface area (Å²) in [5.74, 6) is -0.277. The first-order valence-electron chi connectivity index (χ1n) is 7.09. The molecular formula is C15H24FN3O. The van der Waals surface area contributed by atoms with E-state index in [0.29, 0.717) is 12.6 Å². The molecule has 0 aromatic heterocycles. The van der Waals surface area contributed by atoms with Crippen molar-refractivity contribution < 1.29 is 9.50 Å². The van der Waals surface area contributed by atoms with Gasteiger partial charge < -0.3 is 15.3 Å². The molecule has 0 radical (unpaired) electrons. The van der Waals surface area contributed by atoms with E-state index < -0.39 is 6.10 Å². The third kappa shape index (κ3) is 4.24. The summed E-state index contributed by atoms with van der Waals surface area (Å²) in [5.41, 5.74) is 0.744. The smallest absolute Gasteiger partial charge is 0.123 e. The maximum atomic E-state index is 12.8. The number of benzene rings is 1. The highest BCUT2D eigenvalue weighted by molar-refractivity contribution is 5.18. The number of hydrogen-bond acceptors (Lipinski definition) is 4. The van der Waals surface area contributed by atoms with E-state index in [1.807, 2.05) is 0 Å². The van der Waals surface area contributed by atoms with Crippen molar-refractivity contribution in [3.05, 3.63) is 35.6 Å². The van der Waals surface area contributed by atoms with E-state index in [-0.39, 0.29) is 5.82 Å². The topological polar surface area (TPSA) is 38.7 Å². The first-order chi connectivity index (χ1) is 9.56. The number of aliphatic hydroxyl groups is 1. The van der Waals surface area contributed by atoms with Crippen molar-refractivity contribution in [1.29, 1.82) is 0 Å². The Morgan fingerprint density at radius 3 is 2.70 bits per heavy atom. The number of piperazine rings is 1. The maximum absolute atomic E-state index is 12.8. The number of nitrogens with zero attached hydrogens (tertiary/aromatic N) is 2. The Balaban J connectivity index is 1.76. The lowest BCUT2D eigenvalue weighted by Gasteiger charge is -2.38. The van der Waals surface area contributed by atoms with E-state index in [0.717, 1.165) is 31.7 Å². The lowest BCUT2D eigenvalue weighted by Crippen LogP contribution is -2.54. The summed E-state index contributed by atoms with van der Waals surface area (Å²) in [4.78, 5) is 4.67. The molecule has 1 saturated heterocycles. The minimum atomic E-state index is -0.595. The molecule has 2 N–H and O–H groups in total. The molecule has 1 aliphatic heterocycles. The molecule has 5 heteroatoms. The van der Waals surface area contributed by atoms with Crippen LogP contribution in [0, 0.1) is 5.82 Å². The second kappa shape index (κ2) is 7.13. The van der Waals surface area contributed by atoms with Gasteiger partial charge in [-0.25, -0.2) is 4.39 Å². The van der Waals surface area contributed by atoms with Crippen molar-refractivity contribution in [2.24, 2.45) is 0 Å². The molecule has 1 aliphatic rings. The molecular weight excluding hydrogens is 257 g/mol. The summed E-state index contributed by atoms with van der Waals surface area (Å²) in [6.07, 6.45) is -0.595. The van der Waals surface area contributed by atoms with Crippen molar-refractivity contribution in [1.82, 2.24) is 15.1 Å². The van der Waals surface area contributed by atoms with E-state index in [1.54, 1.807) is 12.1 Å². The van der Waals surface area contributed by atoms with Gasteiger partial charge in [0.2, 0.25) is 0 Å². The number of rotatable bonds is 5. The number of likely N-dealkylation sites (N-methyl/N-ethyl adjacent to an activating group) is 2. The van der Waals surface area contributed by atoms with Crippen LogP contribution in [0.2, 0.25) is 0 Å². The van der Waals surface area contributed by atoms with Crippen LogP contribution in [0.5, 0.6) is 0 Å². The molecule has 1 heterocycles. The van der Waals surface area contributed by atoms with E-state index in [4.69, 9.17) is 0 Å². The maximum Gasteiger partial charge on any atom is 0.123 e. The van der Waals surface area contributed by atoms with Crippen LogP contribution in [0.15, 0.2) is 24.3 Å². The zero-order chi connectivity index (χ0) is 14.5. The highest BCUT2D eigenvalue weighted by Crippen LogP contribution is 2.12. The molecule has 20 heavy (non-hydrogen) atoms. The predicted octanol–water partition coefficient (Wildman–Crippen LogP) is 0.694. The van der Waals surface area contributed by atoms with Gasteiger partial charge in [0.25, 0.3) is 0 Å². The van der Waals surface area contributed by atoms with E-state index in [1.165, 1.54) is 12.1 Å². The predicted molar refractivity (Wildman–Crippen MR) is 78.1 cm³/mol. The Bertz CT molecular complexity index is 412. The summed E-state index contributed by atoms with van der Waals surface area (Å²) >= 11 is 0. The average molecular weight is 281 g/mol. The zero-order valence-corrected chi connectivity index (χ0v) is 12.2. The summed E-state index contributed by atoms with van der Waals surface area (Å²) in [7, 11) is 4.27. The van der Waals surface area contributed by atoms with E-state index in [2.05, 4.69) is 29.2 Å². The molecule has 0 saturated carbocycles. The Labute approximate surface area is 120 Å². The van der Waals surface area contributed by atoms with Gasteiger partial charge in [-0.1, -0.05) is 12.1 Å². The minimum absolute atomic E-state index is 0.277. The van der Waals surface area contributed by atoms with Crippen LogP contribution < -0.4 is 5.32 Å². The monoisotopic (exact) mass is 281 g/mol. The first-order valence-corrected chi connectivity index (χ1v) is 7.09. The van der Waals surface area contributed by atoms with E-state index >= 15 is 0 Å². The molecule has 0 spiro atoms. The lowest BCUT2D eigenvalue weighted by molar-refractivity contribution is 0.108. The normalized spacial score (nSPS) is 22.9. The van der Waals surface area contributed by atoms with Crippen LogP contribution in [0.25, 0.3) is 0 Å². The number of halogens is 1. The van der Waals surface area contributed by atoms with Gasteiger partial charge in [0.1, 0.15) is 5.82 Å². The molecule has 112 valence electrons. The number of aliphatic hydroxyl groups excluding tert-OH is 1. The molecule has 0 bridgehead atoms. The van der Waals surface area contributed by atoms with Gasteiger partial charge in [-0.05, 0) is 31.8 Å². The van der Waals surface area contributed by atoms with Crippen LogP contribution in [-0.4, -0.2) is 67.8 Å². The lowest BCUT2D eigenvalue weighted by atomic mass is 10.1. The standard InChI is InChI=1S/C15H24FN3O/c1-18-7-8-19(2)14(11-18)9-17-10-15(20)12-3-5-13(16)6-4-12/h3-6,14-15,17,20H,7-11H2,1-2H3. The fourth-order valence-corrected chi connectivity index (χ4v) is 2.51. The summed E-state index contributed by atoms with van der Waals surface area (Å²) < 4.78 is 12.8. The largest absolute Gasteiger partial charge is 0.387 e. The summed E-state index contributed by atoms with van der Waals surface area (Å²) in [6, 6.07) is 6.48. The molecule has 0 aliphatic carbocycles. The fourth-order valence-electron chi connectivity index (χ4n) is 2.51. The van der Waals surface area contributed by atoms with Crippen LogP contribution in [0.1, 0.15) is 11.7 Å². The third-order valence-electron chi connectivity index (χ3n) is 3.95. The quantitative estimate of drug-likeness (QED) is 0.833. The second-order valence-electron chi connectivity index (χ2n) is 5.62. The van der Waals surface area contributed by atoms with Crippen LogP contribution in [0.3, 0.4) is 0 Å². The van der Waals surface area contributed by atoms with Crippen molar-refractivity contribution in [3.8, 4) is 0 Å². The van der Waals surface area contributed by atoms with Gasteiger partial charge in [0.15, 0.2) is 0 Å². The summed E-state index contributed by atoms with van der Waals surface area (Å²) in [6.45, 7) is 4.55. The van der Waals surface area contributed by atoms with Gasteiger partial charge in [-0.15, -0.1) is 0 Å². The van der Waals surface area contributed by atoms with Crippen LogP contribution >= 0.6 is 0 Å². The molecule has 4 nitrogen and oxygen atoms in total. The second-order valence-corrected chi connectivity index (χ2v) is 5.62. The Kier molecular flexibility index (Phi) is 5.48. The van der Waals surface area contributed by atoms with Crippen LogP contribution in [-0.2, 0) is 0 Å². The highest BCUT2D eigenvalue weighted by atomic mass is 19.1. The Hall–Kier alpha value is -1.01. The van der Waals surface area contributed by atoms with Gasteiger partial charge in [0, 0.05) is 38.8 Å². The molecule has 1 aromatic rings. The van der Waals surface area contributed by atoms with Gasteiger partial charge in [-0.3, -0.25) is 4.90 Å². The van der Waals surface area contributed by atoms with Crippen molar-refractivity contribution in [3.63, 3.8) is 0 Å². The van der Waals surface area contributed by atoms with Crippen LogP contribution in [0.4, 0.5) is 4.39 Å². The first kappa shape index (κ1) is 15.4. The molecule has 2 atom stereocenters. The van der Waals surface area contributed by atoms with Crippen molar-refractivity contribution >= 4 is 0 Å².